The Kier molecular flexibility index (Phi) is 4.49. The summed E-state index contributed by atoms with van der Waals surface area (Å²) in [6, 6.07) is 54.0. The largest absolute Gasteiger partial charge is 0.309 e. The maximum atomic E-state index is 2.57. The SMILES string of the molecule is c1ccc(-n2c3ccccc3c3cc4c5cccc6c7ccccc7c7cccc8sc9cccc(c9c87)n(c4cc32)c65)cc1. The van der Waals surface area contributed by atoms with Crippen LogP contribution in [0.2, 0.25) is 0 Å². The fourth-order valence-electron chi connectivity index (χ4n) is 8.06. The van der Waals surface area contributed by atoms with Gasteiger partial charge in [0.2, 0.25) is 0 Å². The topological polar surface area (TPSA) is 9.34 Å². The number of aromatic nitrogens is 2. The molecule has 0 aliphatic heterocycles. The summed E-state index contributed by atoms with van der Waals surface area (Å²) in [6.45, 7) is 0. The van der Waals surface area contributed by atoms with E-state index in [0.717, 1.165) is 0 Å². The van der Waals surface area contributed by atoms with Crippen LogP contribution in [-0.4, -0.2) is 8.97 Å². The molecule has 0 unspecified atom stereocenters. The van der Waals surface area contributed by atoms with E-state index in [1.807, 2.05) is 11.3 Å². The van der Waals surface area contributed by atoms with Crippen molar-refractivity contribution in [2.24, 2.45) is 0 Å². The van der Waals surface area contributed by atoms with Crippen LogP contribution in [0.3, 0.4) is 0 Å². The predicted octanol–water partition coefficient (Wildman–Crippen LogP) is 12.0. The Morgan fingerprint density at radius 2 is 0.933 bits per heavy atom. The van der Waals surface area contributed by atoms with Gasteiger partial charge in [0.05, 0.1) is 27.6 Å². The van der Waals surface area contributed by atoms with Crippen LogP contribution in [0.4, 0.5) is 0 Å². The van der Waals surface area contributed by atoms with Crippen LogP contribution < -0.4 is 0 Å². The second-order valence-electron chi connectivity index (χ2n) is 12.1. The molecule has 0 saturated carbocycles. The lowest BCUT2D eigenvalue weighted by molar-refractivity contribution is 1.18. The lowest BCUT2D eigenvalue weighted by Gasteiger charge is -2.08. The van der Waals surface area contributed by atoms with Gasteiger partial charge in [-0.2, -0.15) is 0 Å². The second kappa shape index (κ2) is 8.50. The van der Waals surface area contributed by atoms with E-state index in [4.69, 9.17) is 0 Å². The number of nitrogens with zero attached hydrogens (tertiary/aromatic N) is 2. The smallest absolute Gasteiger partial charge is 0.0619 e. The molecule has 0 saturated heterocycles. The van der Waals surface area contributed by atoms with Crippen LogP contribution in [0.15, 0.2) is 146 Å². The van der Waals surface area contributed by atoms with Crippen molar-refractivity contribution >= 4 is 102 Å². The summed E-state index contributed by atoms with van der Waals surface area (Å²) in [5, 5.41) is 12.9. The first-order valence-electron chi connectivity index (χ1n) is 15.5. The van der Waals surface area contributed by atoms with E-state index in [2.05, 4.69) is 155 Å². The van der Waals surface area contributed by atoms with Crippen LogP contribution in [-0.2, 0) is 0 Å². The lowest BCUT2D eigenvalue weighted by Crippen LogP contribution is -1.93. The van der Waals surface area contributed by atoms with Crippen LogP contribution in [0.25, 0.3) is 96.5 Å². The molecule has 0 aliphatic rings. The molecule has 0 aliphatic carbocycles. The number of benzene rings is 7. The summed E-state index contributed by atoms with van der Waals surface area (Å²) in [5.74, 6) is 0. The first-order chi connectivity index (χ1) is 22.3. The van der Waals surface area contributed by atoms with Crippen molar-refractivity contribution < 1.29 is 0 Å². The number of hydrogen-bond acceptors (Lipinski definition) is 1. The van der Waals surface area contributed by atoms with Gasteiger partial charge in [-0.1, -0.05) is 97.1 Å². The van der Waals surface area contributed by atoms with Gasteiger partial charge in [-0.15, -0.1) is 11.3 Å². The van der Waals surface area contributed by atoms with Gasteiger partial charge in [0.15, 0.2) is 0 Å². The zero-order chi connectivity index (χ0) is 29.2. The van der Waals surface area contributed by atoms with Gasteiger partial charge in [-0.05, 0) is 64.7 Å². The Labute approximate surface area is 261 Å². The summed E-state index contributed by atoms with van der Waals surface area (Å²) in [4.78, 5) is 0. The Morgan fingerprint density at radius 3 is 1.78 bits per heavy atom. The first kappa shape index (κ1) is 23.8. The summed E-state index contributed by atoms with van der Waals surface area (Å²) in [7, 11) is 0. The highest BCUT2D eigenvalue weighted by molar-refractivity contribution is 7.26. The van der Waals surface area contributed by atoms with Gasteiger partial charge in [0.1, 0.15) is 0 Å². The van der Waals surface area contributed by atoms with Crippen molar-refractivity contribution in [2.45, 2.75) is 0 Å². The quantitative estimate of drug-likeness (QED) is 0.180. The molecule has 0 N–H and O–H groups in total. The normalized spacial score (nSPS) is 12.4. The van der Waals surface area contributed by atoms with Crippen LogP contribution >= 0.6 is 11.3 Å². The molecule has 45 heavy (non-hydrogen) atoms. The van der Waals surface area contributed by atoms with E-state index in [1.54, 1.807) is 0 Å². The Bertz CT molecular complexity index is 3030. The highest BCUT2D eigenvalue weighted by atomic mass is 32.1. The molecule has 208 valence electrons. The summed E-state index contributed by atoms with van der Waals surface area (Å²) >= 11 is 1.90. The van der Waals surface area contributed by atoms with E-state index >= 15 is 0 Å². The predicted molar refractivity (Wildman–Crippen MR) is 195 cm³/mol. The van der Waals surface area contributed by atoms with Crippen molar-refractivity contribution in [1.82, 2.24) is 8.97 Å². The molecular weight excluding hydrogens is 565 g/mol. The minimum atomic E-state index is 1.17. The fourth-order valence-corrected chi connectivity index (χ4v) is 9.21. The lowest BCUT2D eigenvalue weighted by atomic mass is 10.0. The van der Waals surface area contributed by atoms with Crippen molar-refractivity contribution in [3.05, 3.63) is 146 Å². The van der Waals surface area contributed by atoms with Gasteiger partial charge in [-0.25, -0.2) is 0 Å². The van der Waals surface area contributed by atoms with E-state index in [1.165, 1.54) is 96.5 Å². The molecular formula is C42H24N2S. The molecule has 0 spiro atoms. The first-order valence-corrected chi connectivity index (χ1v) is 16.3. The molecule has 0 atom stereocenters. The highest BCUT2D eigenvalue weighted by Crippen LogP contribution is 2.45. The number of hydrogen-bond donors (Lipinski definition) is 0. The molecule has 4 heterocycles. The van der Waals surface area contributed by atoms with Crippen molar-refractivity contribution in [3.8, 4) is 5.69 Å². The van der Waals surface area contributed by atoms with E-state index in [-0.39, 0.29) is 0 Å². The molecule has 0 fully saturated rings. The van der Waals surface area contributed by atoms with E-state index in [9.17, 15) is 0 Å². The van der Waals surface area contributed by atoms with Crippen LogP contribution in [0.5, 0.6) is 0 Å². The van der Waals surface area contributed by atoms with E-state index < -0.39 is 0 Å². The number of para-hydroxylation sites is 3. The number of thiophene rings is 1. The summed E-state index contributed by atoms with van der Waals surface area (Å²) in [6.07, 6.45) is 0. The number of fused-ring (bicyclic) bond motifs is 10. The zero-order valence-electron chi connectivity index (χ0n) is 24.2. The van der Waals surface area contributed by atoms with Crippen LogP contribution in [0, 0.1) is 0 Å². The second-order valence-corrected chi connectivity index (χ2v) is 13.2. The Hall–Kier alpha value is -5.64. The molecule has 4 aromatic heterocycles. The third-order valence-electron chi connectivity index (χ3n) is 9.84. The summed E-state index contributed by atoms with van der Waals surface area (Å²) in [5.41, 5.74) is 7.36. The summed E-state index contributed by atoms with van der Waals surface area (Å²) < 4.78 is 7.65. The fraction of sp³-hybridized carbons (Fsp3) is 0. The molecule has 11 rings (SSSR count). The Balaban J connectivity index is 1.50. The van der Waals surface area contributed by atoms with Gasteiger partial charge < -0.3 is 8.97 Å². The van der Waals surface area contributed by atoms with Gasteiger partial charge >= 0.3 is 0 Å². The third-order valence-corrected chi connectivity index (χ3v) is 11.0. The van der Waals surface area contributed by atoms with E-state index in [0.29, 0.717) is 0 Å². The molecule has 3 heteroatoms. The molecule has 0 radical (unpaired) electrons. The maximum Gasteiger partial charge on any atom is 0.0619 e. The molecule has 0 bridgehead atoms. The van der Waals surface area contributed by atoms with Gasteiger partial charge in [0, 0.05) is 52.8 Å². The molecule has 2 nitrogen and oxygen atoms in total. The van der Waals surface area contributed by atoms with Gasteiger partial charge in [0.25, 0.3) is 0 Å². The number of rotatable bonds is 1. The van der Waals surface area contributed by atoms with Crippen molar-refractivity contribution in [2.75, 3.05) is 0 Å². The standard InChI is InChI=1S/C42H24N2S/c1-2-11-25(12-3-1)43-34-19-7-6-15-28(34)32-23-33-31-18-8-17-30-27-14-5-4-13-26(27)29-16-9-21-38-40(29)41-35(20-10-22-39(41)45-38)44(42(30)31)37(33)24-36(32)43/h1-24H. The van der Waals surface area contributed by atoms with Crippen molar-refractivity contribution in [1.29, 1.82) is 0 Å². The van der Waals surface area contributed by atoms with Crippen LogP contribution in [0.1, 0.15) is 0 Å². The maximum absolute atomic E-state index is 2.57. The Morgan fingerprint density at radius 1 is 0.356 bits per heavy atom. The average molecular weight is 589 g/mol. The van der Waals surface area contributed by atoms with Crippen molar-refractivity contribution in [3.63, 3.8) is 0 Å². The molecule has 7 aromatic carbocycles. The van der Waals surface area contributed by atoms with Gasteiger partial charge in [-0.3, -0.25) is 0 Å². The average Bonchev–Trinajstić information content (AvgIpc) is 3.75. The minimum Gasteiger partial charge on any atom is -0.309 e. The highest BCUT2D eigenvalue weighted by Gasteiger charge is 2.20. The molecule has 0 amide bonds. The molecule has 11 aromatic rings. The monoisotopic (exact) mass is 588 g/mol. The minimum absolute atomic E-state index is 1.17. The third kappa shape index (κ3) is 2.98. The zero-order valence-corrected chi connectivity index (χ0v) is 25.0.